The summed E-state index contributed by atoms with van der Waals surface area (Å²) in [6.07, 6.45) is 0. The van der Waals surface area contributed by atoms with Crippen LogP contribution in [0, 0.1) is 0 Å². The van der Waals surface area contributed by atoms with Crippen molar-refractivity contribution in [1.29, 1.82) is 0 Å². The minimum atomic E-state index is -1.23. The molecule has 1 rings (SSSR count). The maximum atomic E-state index is 11.8. The van der Waals surface area contributed by atoms with Crippen LogP contribution in [0.5, 0.6) is 0 Å². The molecule has 0 bridgehead atoms. The summed E-state index contributed by atoms with van der Waals surface area (Å²) >= 11 is 0. The topological polar surface area (TPSA) is 110 Å². The second-order valence-electron chi connectivity index (χ2n) is 3.18. The highest BCUT2D eigenvalue weighted by Crippen LogP contribution is 1.90. The number of hydrogen-bond acceptors (Lipinski definition) is 5. The molecule has 0 saturated heterocycles. The lowest BCUT2D eigenvalue weighted by atomic mass is 10.5. The average molecular weight is 243 g/mol. The van der Waals surface area contributed by atoms with E-state index in [0.717, 1.165) is 0 Å². The van der Waals surface area contributed by atoms with Gasteiger partial charge in [-0.1, -0.05) is 0 Å². The highest BCUT2D eigenvalue weighted by Gasteiger charge is 2.19. The van der Waals surface area contributed by atoms with Gasteiger partial charge < -0.3 is 10.0 Å². The molecule has 0 spiro atoms. The molecule has 0 unspecified atom stereocenters. The Morgan fingerprint density at radius 1 is 1.29 bits per heavy atom. The molecule has 9 nitrogen and oxygen atoms in total. The summed E-state index contributed by atoms with van der Waals surface area (Å²) in [4.78, 5) is 35.1. The number of carbonyl (C=O) groups is 2. The zero-order valence-corrected chi connectivity index (χ0v) is 9.53. The van der Waals surface area contributed by atoms with E-state index < -0.39 is 24.2 Å². The van der Waals surface area contributed by atoms with E-state index in [4.69, 9.17) is 5.11 Å². The fraction of sp³-hybridized carbons (Fsp3) is 0.625. The second-order valence-corrected chi connectivity index (χ2v) is 3.18. The minimum absolute atomic E-state index is 0.424. The van der Waals surface area contributed by atoms with Gasteiger partial charge in [-0.05, 0) is 24.3 Å². The number of carboxylic acids is 1. The summed E-state index contributed by atoms with van der Waals surface area (Å²) in [5.41, 5.74) is -0.857. The van der Waals surface area contributed by atoms with E-state index in [1.807, 2.05) is 0 Å². The van der Waals surface area contributed by atoms with Crippen molar-refractivity contribution in [2.75, 3.05) is 13.1 Å². The van der Waals surface area contributed by atoms with E-state index in [2.05, 4.69) is 10.4 Å². The predicted octanol–water partition coefficient (Wildman–Crippen LogP) is -1.17. The number of nitrogens with zero attached hydrogens (tertiary/aromatic N) is 5. The van der Waals surface area contributed by atoms with Gasteiger partial charge in [-0.2, -0.15) is 4.68 Å². The van der Waals surface area contributed by atoms with Gasteiger partial charge in [0.25, 0.3) is 0 Å². The SMILES string of the molecule is CCN(CC)C(=O)n1nnn(CC(=O)O)c1=O. The molecule has 9 heteroatoms. The Hall–Kier alpha value is -2.19. The van der Waals surface area contributed by atoms with Crippen LogP contribution in [0.3, 0.4) is 0 Å². The molecule has 0 aliphatic carbocycles. The van der Waals surface area contributed by atoms with Gasteiger partial charge in [-0.3, -0.25) is 4.79 Å². The molecule has 1 amide bonds. The first kappa shape index (κ1) is 12.9. The quantitative estimate of drug-likeness (QED) is 0.667. The molecule has 1 aromatic rings. The Morgan fingerprint density at radius 2 is 1.88 bits per heavy atom. The molecule has 94 valence electrons. The standard InChI is InChI=1S/C8H13N5O4/c1-3-11(4-2)7(16)13-8(17)12(9-10-13)5-6(14)15/h3-5H2,1-2H3,(H,14,15). The van der Waals surface area contributed by atoms with Crippen LogP contribution in [0.15, 0.2) is 4.79 Å². The van der Waals surface area contributed by atoms with Crippen LogP contribution in [-0.2, 0) is 11.3 Å². The van der Waals surface area contributed by atoms with E-state index in [0.29, 0.717) is 22.5 Å². The van der Waals surface area contributed by atoms with Crippen molar-refractivity contribution in [3.63, 3.8) is 0 Å². The molecule has 1 heterocycles. The molecule has 0 atom stereocenters. The fourth-order valence-corrected chi connectivity index (χ4v) is 1.25. The van der Waals surface area contributed by atoms with Gasteiger partial charge >= 0.3 is 17.7 Å². The third kappa shape index (κ3) is 2.68. The van der Waals surface area contributed by atoms with Crippen LogP contribution in [-0.4, -0.2) is 54.9 Å². The Balaban J connectivity index is 3.00. The van der Waals surface area contributed by atoms with Gasteiger partial charge in [-0.25, -0.2) is 9.59 Å². The lowest BCUT2D eigenvalue weighted by Crippen LogP contribution is -2.41. The number of amides is 1. The van der Waals surface area contributed by atoms with Crippen molar-refractivity contribution in [1.82, 2.24) is 24.7 Å². The van der Waals surface area contributed by atoms with Gasteiger partial charge in [0.1, 0.15) is 6.54 Å². The Labute approximate surface area is 96.2 Å². The monoisotopic (exact) mass is 243 g/mol. The van der Waals surface area contributed by atoms with Crippen molar-refractivity contribution in [3.05, 3.63) is 10.5 Å². The molecule has 0 saturated carbocycles. The van der Waals surface area contributed by atoms with Gasteiger partial charge in [0.05, 0.1) is 0 Å². The Bertz CT molecular complexity index is 473. The third-order valence-corrected chi connectivity index (χ3v) is 2.14. The third-order valence-electron chi connectivity index (χ3n) is 2.14. The van der Waals surface area contributed by atoms with E-state index in [1.54, 1.807) is 13.8 Å². The summed E-state index contributed by atoms with van der Waals surface area (Å²) in [6, 6.07) is -0.614. The van der Waals surface area contributed by atoms with E-state index in [-0.39, 0.29) is 0 Å². The summed E-state index contributed by atoms with van der Waals surface area (Å²) in [5, 5.41) is 15.2. The number of rotatable bonds is 4. The van der Waals surface area contributed by atoms with Crippen molar-refractivity contribution < 1.29 is 14.7 Å². The largest absolute Gasteiger partial charge is 0.480 e. The fourth-order valence-electron chi connectivity index (χ4n) is 1.25. The predicted molar refractivity (Wildman–Crippen MR) is 55.6 cm³/mol. The molecule has 17 heavy (non-hydrogen) atoms. The number of hydrogen-bond donors (Lipinski definition) is 1. The Morgan fingerprint density at radius 3 is 2.35 bits per heavy atom. The first-order chi connectivity index (χ1) is 8.01. The zero-order chi connectivity index (χ0) is 13.0. The molecule has 0 aromatic carbocycles. The lowest BCUT2D eigenvalue weighted by molar-refractivity contribution is -0.138. The van der Waals surface area contributed by atoms with Crippen molar-refractivity contribution in [2.24, 2.45) is 0 Å². The highest BCUT2D eigenvalue weighted by molar-refractivity contribution is 5.75. The highest BCUT2D eigenvalue weighted by atomic mass is 16.4. The molecular weight excluding hydrogens is 230 g/mol. The number of carboxylic acid groups (broad SMARTS) is 1. The second kappa shape index (κ2) is 5.23. The molecule has 1 aromatic heterocycles. The number of carbonyl (C=O) groups excluding carboxylic acids is 1. The summed E-state index contributed by atoms with van der Waals surface area (Å²) in [5.74, 6) is -1.23. The smallest absolute Gasteiger partial charge is 0.373 e. The first-order valence-electron chi connectivity index (χ1n) is 5.05. The number of aliphatic carboxylic acids is 1. The molecule has 0 aliphatic heterocycles. The lowest BCUT2D eigenvalue weighted by Gasteiger charge is -2.16. The van der Waals surface area contributed by atoms with Crippen LogP contribution >= 0.6 is 0 Å². The van der Waals surface area contributed by atoms with Gasteiger partial charge in [0.2, 0.25) is 0 Å². The van der Waals surface area contributed by atoms with Gasteiger partial charge in [0.15, 0.2) is 0 Å². The van der Waals surface area contributed by atoms with Crippen molar-refractivity contribution >= 4 is 12.0 Å². The summed E-state index contributed by atoms with van der Waals surface area (Å²) < 4.78 is 1.17. The van der Waals surface area contributed by atoms with Gasteiger partial charge in [-0.15, -0.1) is 4.68 Å². The average Bonchev–Trinajstić information content (AvgIpc) is 2.61. The van der Waals surface area contributed by atoms with Crippen molar-refractivity contribution in [2.45, 2.75) is 20.4 Å². The summed E-state index contributed by atoms with van der Waals surface area (Å²) in [7, 11) is 0. The van der Waals surface area contributed by atoms with Crippen LogP contribution in [0.2, 0.25) is 0 Å². The Kier molecular flexibility index (Phi) is 3.96. The molecule has 0 fully saturated rings. The van der Waals surface area contributed by atoms with Crippen LogP contribution < -0.4 is 5.69 Å². The molecule has 0 radical (unpaired) electrons. The summed E-state index contributed by atoms with van der Waals surface area (Å²) in [6.45, 7) is 3.74. The van der Waals surface area contributed by atoms with Gasteiger partial charge in [0, 0.05) is 13.1 Å². The normalized spacial score (nSPS) is 10.2. The van der Waals surface area contributed by atoms with E-state index in [9.17, 15) is 14.4 Å². The van der Waals surface area contributed by atoms with E-state index in [1.165, 1.54) is 4.90 Å². The maximum absolute atomic E-state index is 11.8. The van der Waals surface area contributed by atoms with Crippen LogP contribution in [0.25, 0.3) is 0 Å². The number of aromatic nitrogens is 4. The van der Waals surface area contributed by atoms with E-state index >= 15 is 0 Å². The first-order valence-corrected chi connectivity index (χ1v) is 5.05. The van der Waals surface area contributed by atoms with Crippen molar-refractivity contribution in [3.8, 4) is 0 Å². The molecule has 0 aliphatic rings. The molecule has 1 N–H and O–H groups in total. The van der Waals surface area contributed by atoms with Crippen LogP contribution in [0.1, 0.15) is 13.8 Å². The minimum Gasteiger partial charge on any atom is -0.480 e. The molecular formula is C8H13N5O4. The van der Waals surface area contributed by atoms with Crippen LogP contribution in [0.4, 0.5) is 4.79 Å². The number of tetrazole rings is 1. The maximum Gasteiger partial charge on any atom is 0.373 e. The zero-order valence-electron chi connectivity index (χ0n) is 9.53.